The number of nitrogens with zero attached hydrogens (tertiary/aromatic N) is 3. The van der Waals surface area contributed by atoms with E-state index < -0.39 is 0 Å². The summed E-state index contributed by atoms with van der Waals surface area (Å²) in [6, 6.07) is 11.4. The Hall–Kier alpha value is -1.73. The molecule has 0 atom stereocenters. The van der Waals surface area contributed by atoms with Crippen molar-refractivity contribution in [3.8, 4) is 0 Å². The van der Waals surface area contributed by atoms with Gasteiger partial charge in [0.15, 0.2) is 5.13 Å². The molecular weight excluding hydrogens is 396 g/mol. The summed E-state index contributed by atoms with van der Waals surface area (Å²) in [5.41, 5.74) is 1.09. The lowest BCUT2D eigenvalue weighted by atomic mass is 10.2. The maximum atomic E-state index is 13.5. The monoisotopic (exact) mass is 413 g/mol. The largest absolute Gasteiger partial charge is 0.308 e. The normalized spacial score (nSPS) is 10.8. The van der Waals surface area contributed by atoms with E-state index in [0.717, 1.165) is 0 Å². The number of hydrogen-bond acceptors (Lipinski definition) is 4. The second-order valence-corrected chi connectivity index (χ2v) is 7.26. The Labute approximate surface area is 166 Å². The molecule has 138 valence electrons. The van der Waals surface area contributed by atoms with Crippen LogP contribution in [0.2, 0.25) is 5.02 Å². The number of likely N-dealkylation sites (N-methyl/N-ethyl adjacent to an activating group) is 1. The van der Waals surface area contributed by atoms with Crippen molar-refractivity contribution in [2.45, 2.75) is 0 Å². The van der Waals surface area contributed by atoms with Crippen molar-refractivity contribution in [2.24, 2.45) is 0 Å². The van der Waals surface area contributed by atoms with Crippen LogP contribution >= 0.6 is 35.3 Å². The van der Waals surface area contributed by atoms with Crippen molar-refractivity contribution in [1.29, 1.82) is 0 Å². The summed E-state index contributed by atoms with van der Waals surface area (Å²) in [6.07, 6.45) is 0. The van der Waals surface area contributed by atoms with Gasteiger partial charge in [0.25, 0.3) is 5.91 Å². The van der Waals surface area contributed by atoms with E-state index >= 15 is 0 Å². The Balaban J connectivity index is 0.00000243. The third kappa shape index (κ3) is 4.51. The molecule has 3 rings (SSSR count). The molecule has 3 aromatic rings. The molecule has 0 N–H and O–H groups in total. The highest BCUT2D eigenvalue weighted by Crippen LogP contribution is 2.31. The Kier molecular flexibility index (Phi) is 6.94. The fraction of sp³-hybridized carbons (Fsp3) is 0.222. The van der Waals surface area contributed by atoms with Gasteiger partial charge < -0.3 is 4.90 Å². The van der Waals surface area contributed by atoms with Crippen LogP contribution in [0.1, 0.15) is 10.4 Å². The molecule has 0 aliphatic heterocycles. The SMILES string of the molecule is CN(C)CCN(C(=O)c1ccccc1Cl)c1nc2ccc(F)cc2s1.Cl. The summed E-state index contributed by atoms with van der Waals surface area (Å²) < 4.78 is 14.2. The van der Waals surface area contributed by atoms with E-state index in [-0.39, 0.29) is 24.1 Å². The fourth-order valence-corrected chi connectivity index (χ4v) is 3.60. The third-order valence-corrected chi connectivity index (χ3v) is 5.06. The molecule has 0 saturated heterocycles. The van der Waals surface area contributed by atoms with Crippen LogP contribution in [0.15, 0.2) is 42.5 Å². The highest BCUT2D eigenvalue weighted by atomic mass is 35.5. The molecule has 4 nitrogen and oxygen atoms in total. The number of aromatic nitrogens is 1. The van der Waals surface area contributed by atoms with Gasteiger partial charge in [-0.25, -0.2) is 9.37 Å². The number of fused-ring (bicyclic) bond motifs is 1. The maximum Gasteiger partial charge on any atom is 0.261 e. The van der Waals surface area contributed by atoms with Crippen LogP contribution < -0.4 is 4.90 Å². The summed E-state index contributed by atoms with van der Waals surface area (Å²) in [5, 5.41) is 0.932. The van der Waals surface area contributed by atoms with Crippen LogP contribution in [0.25, 0.3) is 10.2 Å². The van der Waals surface area contributed by atoms with Crippen molar-refractivity contribution in [2.75, 3.05) is 32.1 Å². The fourth-order valence-electron chi connectivity index (χ4n) is 2.37. The van der Waals surface area contributed by atoms with Gasteiger partial charge in [-0.2, -0.15) is 0 Å². The number of halogens is 3. The van der Waals surface area contributed by atoms with Crippen molar-refractivity contribution >= 4 is 56.6 Å². The van der Waals surface area contributed by atoms with Gasteiger partial charge in [-0.15, -0.1) is 12.4 Å². The second-order valence-electron chi connectivity index (χ2n) is 5.85. The Morgan fingerprint density at radius 2 is 1.92 bits per heavy atom. The summed E-state index contributed by atoms with van der Waals surface area (Å²) >= 11 is 7.48. The predicted octanol–water partition coefficient (Wildman–Crippen LogP) is 4.72. The Morgan fingerprint density at radius 3 is 2.62 bits per heavy atom. The van der Waals surface area contributed by atoms with Crippen molar-refractivity contribution in [3.05, 3.63) is 58.9 Å². The number of amides is 1. The molecule has 0 fully saturated rings. The number of carbonyl (C=O) groups excluding carboxylic acids is 1. The molecule has 0 aliphatic rings. The molecule has 8 heteroatoms. The number of anilines is 1. The Bertz CT molecular complexity index is 916. The van der Waals surface area contributed by atoms with Gasteiger partial charge in [-0.3, -0.25) is 9.69 Å². The van der Waals surface area contributed by atoms with Gasteiger partial charge in [0, 0.05) is 13.1 Å². The van der Waals surface area contributed by atoms with E-state index in [9.17, 15) is 9.18 Å². The number of thiazole rings is 1. The van der Waals surface area contributed by atoms with Crippen molar-refractivity contribution in [3.63, 3.8) is 0 Å². The minimum Gasteiger partial charge on any atom is -0.308 e. The average molecular weight is 414 g/mol. The van der Waals surface area contributed by atoms with E-state index in [0.29, 0.717) is 39.0 Å². The molecule has 1 amide bonds. The highest BCUT2D eigenvalue weighted by Gasteiger charge is 2.23. The quantitative estimate of drug-likeness (QED) is 0.606. The summed E-state index contributed by atoms with van der Waals surface area (Å²) in [4.78, 5) is 21.1. The second kappa shape index (κ2) is 8.77. The zero-order valence-electron chi connectivity index (χ0n) is 14.3. The molecule has 1 heterocycles. The van der Waals surface area contributed by atoms with Crippen LogP contribution in [0.3, 0.4) is 0 Å². The summed E-state index contributed by atoms with van der Waals surface area (Å²) in [7, 11) is 3.87. The van der Waals surface area contributed by atoms with E-state index in [1.54, 1.807) is 35.2 Å². The molecule has 26 heavy (non-hydrogen) atoms. The van der Waals surface area contributed by atoms with Crippen molar-refractivity contribution < 1.29 is 9.18 Å². The standard InChI is InChI=1S/C18H17ClFN3OS.ClH/c1-22(2)9-10-23(17(24)13-5-3-4-6-14(13)19)18-21-15-8-7-12(20)11-16(15)25-18;/h3-8,11H,9-10H2,1-2H3;1H. The molecule has 0 unspecified atom stereocenters. The summed E-state index contributed by atoms with van der Waals surface area (Å²) in [6.45, 7) is 1.12. The minimum atomic E-state index is -0.319. The van der Waals surface area contributed by atoms with Gasteiger partial charge in [-0.05, 0) is 44.4 Å². The van der Waals surface area contributed by atoms with E-state index in [4.69, 9.17) is 11.6 Å². The number of benzene rings is 2. The van der Waals surface area contributed by atoms with Gasteiger partial charge in [0.1, 0.15) is 5.82 Å². The first-order valence-corrected chi connectivity index (χ1v) is 8.92. The van der Waals surface area contributed by atoms with Crippen molar-refractivity contribution in [1.82, 2.24) is 9.88 Å². The topological polar surface area (TPSA) is 36.4 Å². The van der Waals surface area contributed by atoms with E-state index in [2.05, 4.69) is 4.98 Å². The van der Waals surface area contributed by atoms with Crippen LogP contribution in [-0.4, -0.2) is 43.0 Å². The van der Waals surface area contributed by atoms with Gasteiger partial charge in [-0.1, -0.05) is 35.1 Å². The predicted molar refractivity (Wildman–Crippen MR) is 109 cm³/mol. The first-order valence-electron chi connectivity index (χ1n) is 7.73. The van der Waals surface area contributed by atoms with E-state index in [1.165, 1.54) is 23.5 Å². The van der Waals surface area contributed by atoms with Crippen LogP contribution in [0, 0.1) is 5.82 Å². The highest BCUT2D eigenvalue weighted by molar-refractivity contribution is 7.22. The molecule has 1 aromatic heterocycles. The molecule has 0 aliphatic carbocycles. The average Bonchev–Trinajstić information content (AvgIpc) is 2.97. The number of rotatable bonds is 5. The van der Waals surface area contributed by atoms with Crippen LogP contribution in [0.5, 0.6) is 0 Å². The molecule has 2 aromatic carbocycles. The maximum absolute atomic E-state index is 13.5. The van der Waals surface area contributed by atoms with Gasteiger partial charge in [0.2, 0.25) is 0 Å². The summed E-state index contributed by atoms with van der Waals surface area (Å²) in [5.74, 6) is -0.535. The molecule has 0 spiro atoms. The van der Waals surface area contributed by atoms with Gasteiger partial charge in [0.05, 0.1) is 20.8 Å². The minimum absolute atomic E-state index is 0. The lowest BCUT2D eigenvalue weighted by Crippen LogP contribution is -2.36. The molecular formula is C18H18Cl2FN3OS. The first kappa shape index (κ1) is 20.6. The lowest BCUT2D eigenvalue weighted by Gasteiger charge is -2.22. The van der Waals surface area contributed by atoms with Crippen LogP contribution in [-0.2, 0) is 0 Å². The van der Waals surface area contributed by atoms with Crippen LogP contribution in [0.4, 0.5) is 9.52 Å². The Morgan fingerprint density at radius 1 is 1.19 bits per heavy atom. The zero-order chi connectivity index (χ0) is 18.0. The number of hydrogen-bond donors (Lipinski definition) is 0. The van der Waals surface area contributed by atoms with E-state index in [1.807, 2.05) is 19.0 Å². The lowest BCUT2D eigenvalue weighted by molar-refractivity contribution is 0.0985. The first-order chi connectivity index (χ1) is 12.0. The third-order valence-electron chi connectivity index (χ3n) is 3.69. The number of carbonyl (C=O) groups is 1. The molecule has 0 bridgehead atoms. The smallest absolute Gasteiger partial charge is 0.261 e. The molecule has 0 radical (unpaired) electrons. The zero-order valence-corrected chi connectivity index (χ0v) is 16.7. The van der Waals surface area contributed by atoms with Gasteiger partial charge >= 0.3 is 0 Å². The molecule has 0 saturated carbocycles.